The van der Waals surface area contributed by atoms with Crippen molar-refractivity contribution in [2.24, 2.45) is 0 Å². The van der Waals surface area contributed by atoms with Gasteiger partial charge in [-0.15, -0.1) is 0 Å². The lowest BCUT2D eigenvalue weighted by Gasteiger charge is -2.29. The highest BCUT2D eigenvalue weighted by Crippen LogP contribution is 2.33. The fourth-order valence-corrected chi connectivity index (χ4v) is 4.65. The van der Waals surface area contributed by atoms with Crippen molar-refractivity contribution >= 4 is 22.0 Å². The number of sulfonamides is 1. The van der Waals surface area contributed by atoms with Crippen LogP contribution in [-0.2, 0) is 27.8 Å². The molecule has 3 rings (SSSR count). The first-order valence-electron chi connectivity index (χ1n) is 9.65. The lowest BCUT2D eigenvalue weighted by Crippen LogP contribution is -2.40. The minimum atomic E-state index is -3.50. The number of benzene rings is 2. The van der Waals surface area contributed by atoms with E-state index in [0.29, 0.717) is 24.5 Å². The largest absolute Gasteiger partial charge is 0.493 e. The molecule has 1 aliphatic rings. The monoisotopic (exact) mass is 430 g/mol. The van der Waals surface area contributed by atoms with Crippen LogP contribution < -0.4 is 14.8 Å². The molecule has 1 amide bonds. The van der Waals surface area contributed by atoms with Crippen molar-refractivity contribution < 1.29 is 22.7 Å². The smallest absolute Gasteiger partial charge is 0.244 e. The number of nitrogens with zero attached hydrogens (tertiary/aromatic N) is 1. The van der Waals surface area contributed by atoms with Gasteiger partial charge in [0.15, 0.2) is 11.5 Å². The summed E-state index contributed by atoms with van der Waals surface area (Å²) in [6.45, 7) is 0.724. The van der Waals surface area contributed by atoms with Gasteiger partial charge in [-0.25, -0.2) is 8.42 Å². The third kappa shape index (κ3) is 5.40. The average Bonchev–Trinajstić information content (AvgIpc) is 2.76. The highest BCUT2D eigenvalue weighted by atomic mass is 32.2. The van der Waals surface area contributed by atoms with Gasteiger partial charge in [-0.2, -0.15) is 4.31 Å². The minimum Gasteiger partial charge on any atom is -0.493 e. The van der Waals surface area contributed by atoms with Crippen molar-refractivity contribution in [1.82, 2.24) is 9.62 Å². The molecule has 0 saturated carbocycles. The van der Waals surface area contributed by atoms with E-state index in [-0.39, 0.29) is 24.7 Å². The predicted molar refractivity (Wildman–Crippen MR) is 116 cm³/mol. The van der Waals surface area contributed by atoms with E-state index in [1.54, 1.807) is 20.3 Å². The summed E-state index contributed by atoms with van der Waals surface area (Å²) in [5.41, 5.74) is 2.86. The summed E-state index contributed by atoms with van der Waals surface area (Å²) in [5.74, 6) is 0.738. The standard InChI is InChI=1S/C22H26N2O5S/c1-28-20-14-18-10-12-24(16-19(18)15-21(20)29-2)30(26,27)13-11-23-22(25)9-8-17-6-4-3-5-7-17/h3-9,14-15H,10-13,16H2,1-2H3,(H,23,25). The summed E-state index contributed by atoms with van der Waals surface area (Å²) in [6, 6.07) is 13.1. The number of nitrogens with one attached hydrogen (secondary N) is 1. The Kier molecular flexibility index (Phi) is 7.12. The lowest BCUT2D eigenvalue weighted by atomic mass is 10.0. The van der Waals surface area contributed by atoms with Gasteiger partial charge in [0.25, 0.3) is 0 Å². The molecule has 7 nitrogen and oxygen atoms in total. The van der Waals surface area contributed by atoms with Gasteiger partial charge in [0.1, 0.15) is 0 Å². The molecule has 0 fully saturated rings. The van der Waals surface area contributed by atoms with E-state index in [1.807, 2.05) is 42.5 Å². The number of fused-ring (bicyclic) bond motifs is 1. The van der Waals surface area contributed by atoms with Crippen LogP contribution in [0.5, 0.6) is 11.5 Å². The van der Waals surface area contributed by atoms with Crippen molar-refractivity contribution in [2.75, 3.05) is 33.1 Å². The highest BCUT2D eigenvalue weighted by molar-refractivity contribution is 7.89. The van der Waals surface area contributed by atoms with Crippen LogP contribution >= 0.6 is 0 Å². The number of amides is 1. The van der Waals surface area contributed by atoms with E-state index in [9.17, 15) is 13.2 Å². The quantitative estimate of drug-likeness (QED) is 0.649. The van der Waals surface area contributed by atoms with Gasteiger partial charge in [-0.1, -0.05) is 30.3 Å². The number of methoxy groups -OCH3 is 2. The molecule has 0 unspecified atom stereocenters. The van der Waals surface area contributed by atoms with Crippen molar-refractivity contribution in [2.45, 2.75) is 13.0 Å². The first-order valence-corrected chi connectivity index (χ1v) is 11.3. The zero-order chi connectivity index (χ0) is 21.6. The second-order valence-corrected chi connectivity index (χ2v) is 9.00. The topological polar surface area (TPSA) is 84.9 Å². The molecule has 0 saturated heterocycles. The Morgan fingerprint density at radius 2 is 1.77 bits per heavy atom. The van der Waals surface area contributed by atoms with E-state index in [2.05, 4.69) is 5.32 Å². The number of hydrogen-bond donors (Lipinski definition) is 1. The van der Waals surface area contributed by atoms with Crippen LogP contribution in [0.1, 0.15) is 16.7 Å². The van der Waals surface area contributed by atoms with Gasteiger partial charge < -0.3 is 14.8 Å². The maximum absolute atomic E-state index is 12.7. The third-order valence-corrected chi connectivity index (χ3v) is 6.78. The van der Waals surface area contributed by atoms with Crippen LogP contribution in [-0.4, -0.2) is 51.7 Å². The second-order valence-electron chi connectivity index (χ2n) is 6.91. The number of ether oxygens (including phenoxy) is 2. The molecule has 0 radical (unpaired) electrons. The number of carbonyl (C=O) groups is 1. The Bertz CT molecular complexity index is 1020. The predicted octanol–water partition coefficient (Wildman–Crippen LogP) is 2.22. The van der Waals surface area contributed by atoms with Crippen molar-refractivity contribution in [3.8, 4) is 11.5 Å². The fourth-order valence-electron chi connectivity index (χ4n) is 3.32. The van der Waals surface area contributed by atoms with Crippen LogP contribution in [0.3, 0.4) is 0 Å². The number of hydrogen-bond acceptors (Lipinski definition) is 5. The molecule has 30 heavy (non-hydrogen) atoms. The summed E-state index contributed by atoms with van der Waals surface area (Å²) in [6.07, 6.45) is 3.69. The number of rotatable bonds is 8. The number of carbonyl (C=O) groups excluding carboxylic acids is 1. The molecule has 2 aromatic rings. The Hall–Kier alpha value is -2.84. The van der Waals surface area contributed by atoms with E-state index < -0.39 is 10.0 Å². The Morgan fingerprint density at radius 3 is 2.43 bits per heavy atom. The van der Waals surface area contributed by atoms with Gasteiger partial charge in [-0.05, 0) is 41.3 Å². The van der Waals surface area contributed by atoms with Gasteiger partial charge in [0.05, 0.1) is 20.0 Å². The SMILES string of the molecule is COc1cc2c(cc1OC)CN(S(=O)(=O)CCNC(=O)C=Cc1ccccc1)CC2. The minimum absolute atomic E-state index is 0.0512. The van der Waals surface area contributed by atoms with Gasteiger partial charge in [0, 0.05) is 25.7 Å². The highest BCUT2D eigenvalue weighted by Gasteiger charge is 2.27. The second kappa shape index (κ2) is 9.77. The molecule has 1 aliphatic heterocycles. The van der Waals surface area contributed by atoms with Crippen LogP contribution in [0.25, 0.3) is 6.08 Å². The first kappa shape index (κ1) is 21.9. The normalized spacial score (nSPS) is 14.3. The molecule has 0 atom stereocenters. The summed E-state index contributed by atoms with van der Waals surface area (Å²) in [4.78, 5) is 11.9. The molecule has 1 heterocycles. The van der Waals surface area contributed by atoms with Crippen molar-refractivity contribution in [3.63, 3.8) is 0 Å². The van der Waals surface area contributed by atoms with E-state index in [0.717, 1.165) is 16.7 Å². The average molecular weight is 431 g/mol. The zero-order valence-corrected chi connectivity index (χ0v) is 17.9. The molecule has 0 bridgehead atoms. The third-order valence-electron chi connectivity index (χ3n) is 4.96. The van der Waals surface area contributed by atoms with Crippen LogP contribution in [0, 0.1) is 0 Å². The van der Waals surface area contributed by atoms with Crippen molar-refractivity contribution in [3.05, 3.63) is 65.2 Å². The molecular formula is C22H26N2O5S. The van der Waals surface area contributed by atoms with Gasteiger partial charge in [0.2, 0.25) is 15.9 Å². The maximum atomic E-state index is 12.7. The Morgan fingerprint density at radius 1 is 1.10 bits per heavy atom. The molecule has 0 spiro atoms. The lowest BCUT2D eigenvalue weighted by molar-refractivity contribution is -0.116. The molecule has 8 heteroatoms. The Labute approximate surface area is 177 Å². The van der Waals surface area contributed by atoms with E-state index >= 15 is 0 Å². The van der Waals surface area contributed by atoms with Crippen LogP contribution in [0.2, 0.25) is 0 Å². The molecule has 1 N–H and O–H groups in total. The summed E-state index contributed by atoms with van der Waals surface area (Å²) < 4.78 is 37.6. The maximum Gasteiger partial charge on any atom is 0.244 e. The summed E-state index contributed by atoms with van der Waals surface area (Å²) in [7, 11) is -0.373. The zero-order valence-electron chi connectivity index (χ0n) is 17.1. The molecule has 160 valence electrons. The van der Waals surface area contributed by atoms with E-state index in [4.69, 9.17) is 9.47 Å². The van der Waals surface area contributed by atoms with Crippen LogP contribution in [0.15, 0.2) is 48.5 Å². The molecular weight excluding hydrogens is 404 g/mol. The summed E-state index contributed by atoms with van der Waals surface area (Å²) >= 11 is 0. The van der Waals surface area contributed by atoms with Crippen LogP contribution in [0.4, 0.5) is 0 Å². The van der Waals surface area contributed by atoms with E-state index in [1.165, 1.54) is 10.4 Å². The fraction of sp³-hybridized carbons (Fsp3) is 0.318. The molecule has 2 aromatic carbocycles. The summed E-state index contributed by atoms with van der Waals surface area (Å²) in [5, 5.41) is 2.63. The van der Waals surface area contributed by atoms with Gasteiger partial charge in [-0.3, -0.25) is 4.79 Å². The Balaban J connectivity index is 1.56. The van der Waals surface area contributed by atoms with Crippen molar-refractivity contribution in [1.29, 1.82) is 0 Å². The molecule has 0 aliphatic carbocycles. The van der Waals surface area contributed by atoms with Gasteiger partial charge >= 0.3 is 0 Å². The molecule has 0 aromatic heterocycles. The first-order chi connectivity index (χ1) is 14.4.